The van der Waals surface area contributed by atoms with E-state index in [0.717, 1.165) is 5.56 Å². The Morgan fingerprint density at radius 1 is 1.44 bits per heavy atom. The number of halogens is 5. The maximum Gasteiger partial charge on any atom is 0.354 e. The van der Waals surface area contributed by atoms with E-state index in [9.17, 15) is 13.9 Å². The Morgan fingerprint density at radius 2 is 2.00 bits per heavy atom. The first kappa shape index (κ1) is 14.4. The fourth-order valence-electron chi connectivity index (χ4n) is 1.17. The summed E-state index contributed by atoms with van der Waals surface area (Å²) in [6.45, 7) is 1.74. The summed E-state index contributed by atoms with van der Waals surface area (Å²) < 4.78 is 26.1. The van der Waals surface area contributed by atoms with Crippen molar-refractivity contribution in [1.82, 2.24) is 0 Å². The SMILES string of the molecule is Cc1ccc(C(O)(CI)C(F)(F)Cl)cc1Cl. The molecule has 1 nitrogen and oxygen atoms in total. The lowest BCUT2D eigenvalue weighted by molar-refractivity contribution is -0.114. The lowest BCUT2D eigenvalue weighted by Crippen LogP contribution is -2.43. The van der Waals surface area contributed by atoms with Crippen LogP contribution in [0.1, 0.15) is 11.1 Å². The van der Waals surface area contributed by atoms with Gasteiger partial charge in [-0.3, -0.25) is 0 Å². The third-order valence-corrected chi connectivity index (χ3v) is 4.14. The van der Waals surface area contributed by atoms with Crippen LogP contribution in [-0.4, -0.2) is 14.9 Å². The van der Waals surface area contributed by atoms with Gasteiger partial charge in [-0.15, -0.1) is 0 Å². The van der Waals surface area contributed by atoms with Crippen LogP contribution in [0.15, 0.2) is 18.2 Å². The van der Waals surface area contributed by atoms with Crippen LogP contribution in [0.4, 0.5) is 8.78 Å². The number of aryl methyl sites for hydroxylation is 1. The molecule has 1 atom stereocenters. The van der Waals surface area contributed by atoms with Crippen LogP contribution in [0, 0.1) is 6.92 Å². The average Bonchev–Trinajstić information content (AvgIpc) is 2.19. The second-order valence-electron chi connectivity index (χ2n) is 3.46. The molecule has 6 heteroatoms. The largest absolute Gasteiger partial charge is 0.377 e. The molecule has 1 unspecified atom stereocenters. The molecule has 0 amide bonds. The minimum atomic E-state index is -3.74. The van der Waals surface area contributed by atoms with Crippen molar-refractivity contribution in [1.29, 1.82) is 0 Å². The Kier molecular flexibility index (Phi) is 4.43. The highest BCUT2D eigenvalue weighted by molar-refractivity contribution is 14.1. The van der Waals surface area contributed by atoms with Gasteiger partial charge in [0.25, 0.3) is 0 Å². The van der Waals surface area contributed by atoms with E-state index < -0.39 is 11.0 Å². The highest BCUT2D eigenvalue weighted by Crippen LogP contribution is 2.43. The van der Waals surface area contributed by atoms with E-state index in [1.54, 1.807) is 35.6 Å². The number of alkyl halides is 4. The predicted molar refractivity (Wildman–Crippen MR) is 69.8 cm³/mol. The summed E-state index contributed by atoms with van der Waals surface area (Å²) >= 11 is 12.4. The van der Waals surface area contributed by atoms with Crippen LogP contribution in [0.2, 0.25) is 5.02 Å². The summed E-state index contributed by atoms with van der Waals surface area (Å²) in [7, 11) is 0. The molecule has 0 aliphatic heterocycles. The van der Waals surface area contributed by atoms with E-state index in [4.69, 9.17) is 23.2 Å². The van der Waals surface area contributed by atoms with Gasteiger partial charge in [0.2, 0.25) is 0 Å². The number of benzene rings is 1. The quantitative estimate of drug-likeness (QED) is 0.618. The number of aliphatic hydroxyl groups is 1. The maximum absolute atomic E-state index is 13.2. The van der Waals surface area contributed by atoms with E-state index in [0.29, 0.717) is 5.02 Å². The molecule has 0 saturated carbocycles. The molecule has 0 saturated heterocycles. The maximum atomic E-state index is 13.2. The highest BCUT2D eigenvalue weighted by atomic mass is 127. The van der Waals surface area contributed by atoms with Gasteiger partial charge in [-0.1, -0.05) is 46.3 Å². The fourth-order valence-corrected chi connectivity index (χ4v) is 2.67. The van der Waals surface area contributed by atoms with Gasteiger partial charge < -0.3 is 5.11 Å². The summed E-state index contributed by atoms with van der Waals surface area (Å²) in [6, 6.07) is 4.28. The molecular formula is C10H9Cl2F2IO. The molecule has 1 aromatic rings. The highest BCUT2D eigenvalue weighted by Gasteiger charge is 2.52. The van der Waals surface area contributed by atoms with Crippen molar-refractivity contribution in [2.75, 3.05) is 4.43 Å². The topological polar surface area (TPSA) is 20.2 Å². The zero-order valence-electron chi connectivity index (χ0n) is 8.28. The van der Waals surface area contributed by atoms with E-state index >= 15 is 0 Å². The van der Waals surface area contributed by atoms with Crippen molar-refractivity contribution in [3.05, 3.63) is 34.3 Å². The minimum absolute atomic E-state index is 0.0116. The van der Waals surface area contributed by atoms with Gasteiger partial charge >= 0.3 is 5.38 Å². The summed E-state index contributed by atoms with van der Waals surface area (Å²) in [6.07, 6.45) is 0. The van der Waals surface area contributed by atoms with Crippen LogP contribution in [0.5, 0.6) is 0 Å². The summed E-state index contributed by atoms with van der Waals surface area (Å²) in [5, 5.41) is 6.47. The van der Waals surface area contributed by atoms with Crippen molar-refractivity contribution in [3.63, 3.8) is 0 Å². The van der Waals surface area contributed by atoms with Crippen molar-refractivity contribution < 1.29 is 13.9 Å². The summed E-state index contributed by atoms with van der Waals surface area (Å²) in [5.74, 6) is 0. The lowest BCUT2D eigenvalue weighted by atomic mass is 9.95. The number of hydrogen-bond acceptors (Lipinski definition) is 1. The third kappa shape index (κ3) is 2.60. The third-order valence-electron chi connectivity index (χ3n) is 2.31. The molecule has 0 spiro atoms. The van der Waals surface area contributed by atoms with Crippen LogP contribution in [-0.2, 0) is 5.60 Å². The number of hydrogen-bond donors (Lipinski definition) is 1. The minimum Gasteiger partial charge on any atom is -0.377 e. The Morgan fingerprint density at radius 3 is 2.38 bits per heavy atom. The molecule has 0 bridgehead atoms. The van der Waals surface area contributed by atoms with Gasteiger partial charge in [-0.05, 0) is 35.7 Å². The van der Waals surface area contributed by atoms with Crippen molar-refractivity contribution in [2.45, 2.75) is 17.9 Å². The lowest BCUT2D eigenvalue weighted by Gasteiger charge is -2.30. The van der Waals surface area contributed by atoms with E-state index in [2.05, 4.69) is 0 Å². The smallest absolute Gasteiger partial charge is 0.354 e. The molecule has 1 rings (SSSR count). The van der Waals surface area contributed by atoms with Crippen molar-refractivity contribution in [3.8, 4) is 0 Å². The zero-order chi connectivity index (χ0) is 12.6. The van der Waals surface area contributed by atoms with E-state index in [1.807, 2.05) is 0 Å². The van der Waals surface area contributed by atoms with Crippen LogP contribution in [0.3, 0.4) is 0 Å². The predicted octanol–water partition coefficient (Wildman–Crippen LogP) is 4.10. The molecule has 0 aliphatic rings. The Hall–Kier alpha value is 0.350. The first-order valence-electron chi connectivity index (χ1n) is 4.34. The van der Waals surface area contributed by atoms with Crippen LogP contribution >= 0.6 is 45.8 Å². The Balaban J connectivity index is 3.29. The van der Waals surface area contributed by atoms with Gasteiger partial charge in [0, 0.05) is 9.45 Å². The molecule has 0 fully saturated rings. The van der Waals surface area contributed by atoms with Crippen LogP contribution in [0.25, 0.3) is 0 Å². The molecule has 16 heavy (non-hydrogen) atoms. The molecule has 0 radical (unpaired) electrons. The van der Waals surface area contributed by atoms with Crippen LogP contribution < -0.4 is 0 Å². The molecule has 0 aliphatic carbocycles. The molecule has 1 N–H and O–H groups in total. The van der Waals surface area contributed by atoms with Gasteiger partial charge in [-0.25, -0.2) is 0 Å². The normalized spacial score (nSPS) is 15.9. The molecular weight excluding hydrogens is 372 g/mol. The van der Waals surface area contributed by atoms with Gasteiger partial charge in [0.15, 0.2) is 5.60 Å². The molecule has 1 aromatic carbocycles. The standard InChI is InChI=1S/C10H9Cl2F2IO/c1-6-2-3-7(4-8(6)11)9(16,5-15)10(12,13)14/h2-4,16H,5H2,1H3. The second-order valence-corrected chi connectivity index (χ2v) is 5.10. The Bertz CT molecular complexity index is 395. The molecule has 90 valence electrons. The fraction of sp³-hybridized carbons (Fsp3) is 0.400. The second kappa shape index (κ2) is 4.92. The monoisotopic (exact) mass is 380 g/mol. The van der Waals surface area contributed by atoms with Gasteiger partial charge in [-0.2, -0.15) is 8.78 Å². The Labute approximate surface area is 116 Å². The first-order chi connectivity index (χ1) is 7.22. The first-order valence-corrected chi connectivity index (χ1v) is 6.62. The van der Waals surface area contributed by atoms with Gasteiger partial charge in [0.05, 0.1) is 0 Å². The van der Waals surface area contributed by atoms with E-state index in [1.165, 1.54) is 12.1 Å². The van der Waals surface area contributed by atoms with Crippen molar-refractivity contribution >= 4 is 45.8 Å². The van der Waals surface area contributed by atoms with E-state index in [-0.39, 0.29) is 9.99 Å². The summed E-state index contributed by atoms with van der Waals surface area (Å²) in [5.41, 5.74) is -1.65. The van der Waals surface area contributed by atoms with Crippen molar-refractivity contribution in [2.24, 2.45) is 0 Å². The number of rotatable bonds is 3. The summed E-state index contributed by atoms with van der Waals surface area (Å²) in [4.78, 5) is 0. The average molecular weight is 381 g/mol. The zero-order valence-corrected chi connectivity index (χ0v) is 11.9. The molecule has 0 aromatic heterocycles. The molecule has 0 heterocycles. The van der Waals surface area contributed by atoms with Gasteiger partial charge in [0.1, 0.15) is 0 Å².